The number of pyridine rings is 4. The third-order valence-electron chi connectivity index (χ3n) is 24.2. The molecule has 52 heteroatoms. The molecule has 40 nitrogen and oxygen atoms in total. The highest BCUT2D eigenvalue weighted by molar-refractivity contribution is 7.95. The highest BCUT2D eigenvalue weighted by Gasteiger charge is 2.30. The summed E-state index contributed by atoms with van der Waals surface area (Å²) in [5, 5.41) is 11.2. The number of carbonyl (C=O) groups excluding carboxylic acids is 4. The zero-order chi connectivity index (χ0) is 106. The number of ketones is 4. The minimum absolute atomic E-state index is 0.0320. The molecule has 12 aromatic heterocycles. The van der Waals surface area contributed by atoms with Gasteiger partial charge in [-0.25, -0.2) is 91.1 Å². The van der Waals surface area contributed by atoms with E-state index in [4.69, 9.17) is 51.1 Å². The number of amidine groups is 1. The largest absolute Gasteiger partial charge is 0.384 e. The van der Waals surface area contributed by atoms with E-state index >= 15 is 0 Å². The van der Waals surface area contributed by atoms with Crippen LogP contribution in [0, 0.1) is 0 Å². The Morgan fingerprint density at radius 1 is 0.387 bits per heavy atom. The molecule has 4 aliphatic rings. The summed E-state index contributed by atoms with van der Waals surface area (Å²) in [4.78, 5) is 192. The van der Waals surface area contributed by atoms with Crippen molar-refractivity contribution in [2.24, 2.45) is 4.99 Å². The molecule has 16 aromatic rings. The Morgan fingerprint density at radius 2 is 0.720 bits per heavy atom. The van der Waals surface area contributed by atoms with Crippen molar-refractivity contribution in [3.05, 3.63) is 323 Å². The topological polar surface area (TPSA) is 543 Å². The molecule has 0 aliphatic carbocycles. The number of aliphatic imine (C=N–C) groups is 1. The van der Waals surface area contributed by atoms with Crippen molar-refractivity contribution in [1.82, 2.24) is 72.8 Å². The summed E-state index contributed by atoms with van der Waals surface area (Å²) in [6, 6.07) is 42.3. The molecule has 0 saturated carbocycles. The fourth-order valence-corrected chi connectivity index (χ4v) is 28.2. The van der Waals surface area contributed by atoms with Crippen LogP contribution in [0.15, 0.2) is 249 Å². The lowest BCUT2D eigenvalue weighted by atomic mass is 10.1. The lowest BCUT2D eigenvalue weighted by Gasteiger charge is -2.26. The Kier molecular flexibility index (Phi) is 33.4. The molecule has 16 heterocycles. The Bertz CT molecular complexity index is 9030. The van der Waals surface area contributed by atoms with Crippen LogP contribution in [0.2, 0.25) is 17.3 Å². The van der Waals surface area contributed by atoms with Crippen LogP contribution in [-0.2, 0) is 95.4 Å². The number of carbonyl (C=O) groups is 4. The lowest BCUT2D eigenvalue weighted by molar-refractivity contribution is -0.116. The summed E-state index contributed by atoms with van der Waals surface area (Å²) >= 11 is 26.8. The second-order valence-corrected chi connectivity index (χ2v) is 50.7. The number of benzene rings is 4. The first-order valence-electron chi connectivity index (χ1n) is 46.2. The molecule has 150 heavy (non-hydrogen) atoms. The number of nitrogens with zero attached hydrogens (tertiary/aromatic N) is 12. The van der Waals surface area contributed by atoms with Crippen LogP contribution in [0.4, 0.5) is 17.1 Å². The van der Waals surface area contributed by atoms with Gasteiger partial charge < -0.3 is 50.4 Å². The number of ether oxygens (including phenoxy) is 1. The van der Waals surface area contributed by atoms with E-state index in [1.54, 1.807) is 72.8 Å². The van der Waals surface area contributed by atoms with Crippen LogP contribution in [0.1, 0.15) is 46.2 Å². The van der Waals surface area contributed by atoms with Crippen molar-refractivity contribution in [2.45, 2.75) is 61.8 Å². The van der Waals surface area contributed by atoms with E-state index in [9.17, 15) is 91.2 Å². The van der Waals surface area contributed by atoms with Gasteiger partial charge in [0.1, 0.15) is 69.0 Å². The van der Waals surface area contributed by atoms with E-state index in [0.29, 0.717) is 96.3 Å². The molecular weight excluding hydrogens is 2180 g/mol. The molecule has 2 saturated heterocycles. The minimum atomic E-state index is -3.79. The predicted octanol–water partition coefficient (Wildman–Crippen LogP) is 9.41. The molecule has 4 aliphatic heterocycles. The Morgan fingerprint density at radius 3 is 1.05 bits per heavy atom. The maximum atomic E-state index is 13.2. The monoisotopic (exact) mass is 2260 g/mol. The molecule has 0 bridgehead atoms. The summed E-state index contributed by atoms with van der Waals surface area (Å²) in [5.41, 5.74) is 3.10. The Balaban J connectivity index is 0.000000136. The van der Waals surface area contributed by atoms with Crippen molar-refractivity contribution >= 4 is 221 Å². The number of thiophene rings is 4. The van der Waals surface area contributed by atoms with Crippen LogP contribution >= 0.6 is 91.8 Å². The number of Topliss-reactive ketones (excluding diaryl/α,β-unsaturated/α-hetero) is 4. The standard InChI is InChI=1S/C26H26ClN5O6S2.C26H26ClN5O5S2.C24H20ClN5O5S2.C22H17ClN4O5S2/c27-22-4-6-24(39-22)40(36,37)16-19(33)13-17-1-5-23(29-15-17)32-25(34)20-3-2-18(14-21(20)30-26(32)35)28-7-8-31-9-11-38-12-10-31;27-22-6-8-24(38-22)39(36,37)16-19(33)13-17-3-7-23(29-15-17)32-25(34)20-5-4-18(14-21(20)30-26(32)35)28-9-12-31-10-1-2-11-31;1-29-9-8-26-22(29)15-3-4-17-18(11-15)28-24(33)30(23(17)32)20-6-2-14(12-27-20)10-16(31)13-37(34,35)21-7-5-19(25)36-21;23-18-2-4-20(33-18)34(31,32)11-14(28)7-12-1-3-19(25-10-12)27-21(29)15-8-13-5-6-24-16(13)9-17(15)26-22(27)30/h1-6,14-15,28H,7-13,16H2,(H,30,35);3-8,14-15,28H,1-2,9-13,16H2,(H,30,35);2-7,11-12H,8-10,13H2,1H3,(H,28,33);1-4,8-10,24H,5-7,11H2,(H,26,30). The van der Waals surface area contributed by atoms with E-state index < -0.39 is 130 Å². The number of nitrogens with one attached hydrogen (secondary N) is 7. The fourth-order valence-electron chi connectivity index (χ4n) is 17.0. The number of likely N-dealkylation sites (tertiary alicyclic amines) is 1. The van der Waals surface area contributed by atoms with Gasteiger partial charge in [0.15, 0.2) is 62.5 Å². The molecule has 0 spiro atoms. The third kappa shape index (κ3) is 25.8. The van der Waals surface area contributed by atoms with Gasteiger partial charge in [-0.2, -0.15) is 0 Å². The lowest BCUT2D eigenvalue weighted by Crippen LogP contribution is -2.39. The number of aromatic amines is 4. The average molecular weight is 2270 g/mol. The first kappa shape index (κ1) is 108. The number of sulfone groups is 4. The second-order valence-electron chi connectivity index (χ2n) is 35.0. The quantitative estimate of drug-likeness (QED) is 0.0201. The smallest absolute Gasteiger partial charge is 0.334 e. The van der Waals surface area contributed by atoms with E-state index in [1.165, 1.54) is 129 Å². The molecule has 2 fully saturated rings. The van der Waals surface area contributed by atoms with Gasteiger partial charge in [0, 0.05) is 133 Å². The Labute approximate surface area is 887 Å². The van der Waals surface area contributed by atoms with Crippen LogP contribution in [0.3, 0.4) is 0 Å². The summed E-state index contributed by atoms with van der Waals surface area (Å²) in [6.45, 7) is 11.0. The summed E-state index contributed by atoms with van der Waals surface area (Å²) in [6.07, 6.45) is 7.98. The van der Waals surface area contributed by atoms with Crippen molar-refractivity contribution in [2.75, 3.05) is 131 Å². The first-order chi connectivity index (χ1) is 71.7. The number of hydrogen-bond donors (Lipinski definition) is 7. The van der Waals surface area contributed by atoms with Crippen LogP contribution in [-0.4, -0.2) is 251 Å². The number of aromatic nitrogens is 12. The third-order valence-corrected chi connectivity index (χ3v) is 38.2. The molecule has 778 valence electrons. The molecule has 0 unspecified atom stereocenters. The highest BCUT2D eigenvalue weighted by atomic mass is 35.5. The van der Waals surface area contributed by atoms with Crippen LogP contribution in [0.25, 0.3) is 66.9 Å². The first-order valence-corrected chi connectivity index (χ1v) is 57.6. The number of anilines is 3. The van der Waals surface area contributed by atoms with Crippen molar-refractivity contribution in [3.8, 4) is 23.3 Å². The summed E-state index contributed by atoms with van der Waals surface area (Å²) in [7, 11) is -13.2. The van der Waals surface area contributed by atoms with E-state index in [2.05, 4.69) is 70.6 Å². The van der Waals surface area contributed by atoms with E-state index in [0.717, 1.165) is 176 Å². The number of H-pyrrole nitrogens is 4. The van der Waals surface area contributed by atoms with E-state index in [-0.39, 0.29) is 65.8 Å². The molecule has 0 radical (unpaired) electrons. The normalized spacial score (nSPS) is 13.9. The van der Waals surface area contributed by atoms with Gasteiger partial charge in [-0.3, -0.25) is 48.2 Å². The summed E-state index contributed by atoms with van der Waals surface area (Å²) < 4.78 is 110. The number of hydrogen-bond acceptors (Lipinski definition) is 36. The fraction of sp³-hybridized carbons (Fsp3) is 0.255. The predicted molar refractivity (Wildman–Crippen MR) is 578 cm³/mol. The zero-order valence-corrected chi connectivity index (χ0v) is 88.6. The highest BCUT2D eigenvalue weighted by Crippen LogP contribution is 2.33. The van der Waals surface area contributed by atoms with Crippen LogP contribution < -0.4 is 60.9 Å². The minimum Gasteiger partial charge on any atom is -0.384 e. The van der Waals surface area contributed by atoms with Gasteiger partial charge in [0.25, 0.3) is 22.2 Å². The molecule has 0 atom stereocenters. The molecule has 20 rings (SSSR count). The molecule has 0 amide bonds. The van der Waals surface area contributed by atoms with Gasteiger partial charge in [0.05, 0.1) is 80.7 Å². The number of likely N-dealkylation sites (N-methyl/N-ethyl adjacent to an activating group) is 1. The number of rotatable bonds is 33. The molecule has 4 aromatic carbocycles. The average Bonchev–Trinajstić information content (AvgIpc) is 1.25. The van der Waals surface area contributed by atoms with Crippen molar-refractivity contribution < 1.29 is 57.6 Å². The van der Waals surface area contributed by atoms with Crippen LogP contribution in [0.5, 0.6) is 0 Å². The number of halogens is 4. The number of fused-ring (bicyclic) bond motifs is 5. The Hall–Kier alpha value is -13.6. The van der Waals surface area contributed by atoms with Gasteiger partial charge in [0.2, 0.25) is 0 Å². The van der Waals surface area contributed by atoms with Crippen molar-refractivity contribution in [1.29, 1.82) is 0 Å². The SMILES string of the molecule is CN1CCN=C1c1ccc2c(=O)n(-c3ccc(CC(=O)CS(=O)(=O)c4ccc(Cl)s4)cn3)c(=O)[nH]c2c1.O=C(Cc1ccc(-n2c(=O)[nH]c3cc(NCCN4CCCC4)ccc3c2=O)nc1)CS(=O)(=O)c1ccc(Cl)s1.O=C(Cc1ccc(-n2c(=O)[nH]c3cc(NCCN4CCOCC4)ccc3c2=O)nc1)CS(=O)(=O)c1ccc(Cl)s1.O=C(Cc1ccc(-n2c(=O)[nH]c3cc4c(cc3c2=O)CCN4)nc1)CS(=O)(=O)c1ccc(Cl)s1. The zero-order valence-electron chi connectivity index (χ0n) is 79.1. The van der Waals surface area contributed by atoms with Gasteiger partial charge in [-0.15, -0.1) is 45.3 Å². The van der Waals surface area contributed by atoms with Gasteiger partial charge in [-0.1, -0.05) is 76.7 Å². The second kappa shape index (κ2) is 46.5. The number of morpholine rings is 1. The van der Waals surface area contributed by atoms with Crippen molar-refractivity contribution in [3.63, 3.8) is 0 Å². The maximum absolute atomic E-state index is 13.2. The molecular formula is C98H89Cl4N19O21S8. The van der Waals surface area contributed by atoms with Gasteiger partial charge >= 0.3 is 22.8 Å². The van der Waals surface area contributed by atoms with E-state index in [1.807, 2.05) is 11.9 Å². The molecule has 7 N–H and O–H groups in total. The summed E-state index contributed by atoms with van der Waals surface area (Å²) in [5.74, 6) is -3.57. The maximum Gasteiger partial charge on any atom is 0.334 e. The van der Waals surface area contributed by atoms with Gasteiger partial charge in [-0.05, 0) is 194 Å².